The Balaban J connectivity index is 0.00000256. The van der Waals surface area contributed by atoms with Crippen LogP contribution in [0.2, 0.25) is 0 Å². The topological polar surface area (TPSA) is 21.3 Å². The molecular weight excluding hydrogens is 390 g/mol. The highest BCUT2D eigenvalue weighted by Crippen LogP contribution is 2.39. The molecule has 0 amide bonds. The molecule has 3 aromatic rings. The summed E-state index contributed by atoms with van der Waals surface area (Å²) in [6, 6.07) is 32.3. The molecular formula is C27H32ClNO. The van der Waals surface area contributed by atoms with Gasteiger partial charge in [0.05, 0.1) is 0 Å². The fraction of sp³-hybridized carbons (Fsp3) is 0.333. The van der Waals surface area contributed by atoms with Gasteiger partial charge >= 0.3 is 0 Å². The van der Waals surface area contributed by atoms with Gasteiger partial charge in [-0.2, -0.15) is 0 Å². The third-order valence-electron chi connectivity index (χ3n) is 6.13. The monoisotopic (exact) mass is 421 g/mol. The van der Waals surface area contributed by atoms with Gasteiger partial charge in [0, 0.05) is 13.2 Å². The summed E-state index contributed by atoms with van der Waals surface area (Å²) in [5.74, 6) is 0.815. The summed E-state index contributed by atoms with van der Waals surface area (Å²) in [4.78, 5) is 0. The van der Waals surface area contributed by atoms with Gasteiger partial charge in [-0.15, -0.1) is 12.4 Å². The number of nitrogens with one attached hydrogen (secondary N) is 1. The minimum absolute atomic E-state index is 0. The van der Waals surface area contributed by atoms with Gasteiger partial charge < -0.3 is 10.1 Å². The van der Waals surface area contributed by atoms with Crippen LogP contribution in [0, 0.1) is 5.92 Å². The van der Waals surface area contributed by atoms with Gasteiger partial charge in [-0.1, -0.05) is 91.0 Å². The van der Waals surface area contributed by atoms with Crippen molar-refractivity contribution in [3.8, 4) is 0 Å². The number of benzene rings is 3. The molecule has 1 N–H and O–H groups in total. The molecule has 0 radical (unpaired) electrons. The third-order valence-corrected chi connectivity index (χ3v) is 6.13. The zero-order valence-corrected chi connectivity index (χ0v) is 18.5. The van der Waals surface area contributed by atoms with Crippen molar-refractivity contribution in [2.75, 3.05) is 13.7 Å². The molecule has 0 spiro atoms. The summed E-state index contributed by atoms with van der Waals surface area (Å²) in [6.45, 7) is 1.06. The quantitative estimate of drug-likeness (QED) is 0.433. The highest BCUT2D eigenvalue weighted by Gasteiger charge is 2.42. The Morgan fingerprint density at radius 2 is 1.33 bits per heavy atom. The fourth-order valence-corrected chi connectivity index (χ4v) is 4.35. The first-order valence-corrected chi connectivity index (χ1v) is 10.8. The predicted molar refractivity (Wildman–Crippen MR) is 127 cm³/mol. The Labute approximate surface area is 187 Å². The Hall–Kier alpha value is -2.13. The van der Waals surface area contributed by atoms with Crippen LogP contribution in [-0.2, 0) is 16.8 Å². The number of aryl methyl sites for hydroxylation is 1. The maximum Gasteiger partial charge on any atom is 0.133 e. The van der Waals surface area contributed by atoms with E-state index >= 15 is 0 Å². The molecule has 30 heavy (non-hydrogen) atoms. The lowest BCUT2D eigenvalue weighted by atomic mass is 9.77. The van der Waals surface area contributed by atoms with Crippen LogP contribution in [0.25, 0.3) is 0 Å². The van der Waals surface area contributed by atoms with E-state index < -0.39 is 5.60 Å². The molecule has 1 unspecified atom stereocenters. The van der Waals surface area contributed by atoms with Gasteiger partial charge in [0.1, 0.15) is 5.60 Å². The number of hydrogen-bond donors (Lipinski definition) is 1. The first kappa shape index (κ1) is 22.6. The molecule has 3 aromatic carbocycles. The van der Waals surface area contributed by atoms with Crippen LogP contribution in [0.4, 0.5) is 0 Å². The second-order valence-corrected chi connectivity index (χ2v) is 8.10. The standard InChI is InChI=1S/C27H31NO.ClH/c1-29-27(24-13-7-3-8-14-24,25-15-9-4-10-16-25)26(28-21-23-17-18-23)20-19-22-11-5-2-6-12-22;/h2-16,23,26,28H,17-21H2,1H3;1H. The Morgan fingerprint density at radius 3 is 1.80 bits per heavy atom. The third kappa shape index (κ3) is 5.13. The summed E-state index contributed by atoms with van der Waals surface area (Å²) in [5.41, 5.74) is 3.26. The summed E-state index contributed by atoms with van der Waals surface area (Å²) in [5, 5.41) is 3.92. The molecule has 4 rings (SSSR count). The second kappa shape index (κ2) is 10.8. The molecule has 3 heteroatoms. The minimum Gasteiger partial charge on any atom is -0.367 e. The van der Waals surface area contributed by atoms with E-state index in [2.05, 4.69) is 96.3 Å². The van der Waals surface area contributed by atoms with Crippen molar-refractivity contribution in [3.63, 3.8) is 0 Å². The van der Waals surface area contributed by atoms with E-state index in [-0.39, 0.29) is 18.4 Å². The van der Waals surface area contributed by atoms with Crippen LogP contribution in [0.1, 0.15) is 36.0 Å². The predicted octanol–water partition coefficient (Wildman–Crippen LogP) is 6.00. The molecule has 0 bridgehead atoms. The van der Waals surface area contributed by atoms with Gasteiger partial charge in [-0.3, -0.25) is 0 Å². The number of hydrogen-bond acceptors (Lipinski definition) is 2. The molecule has 1 saturated carbocycles. The molecule has 158 valence electrons. The summed E-state index contributed by atoms with van der Waals surface area (Å²) in [7, 11) is 1.86. The van der Waals surface area contributed by atoms with Crippen LogP contribution in [0.15, 0.2) is 91.0 Å². The Kier molecular flexibility index (Phi) is 8.09. The van der Waals surface area contributed by atoms with E-state index in [1.165, 1.54) is 29.5 Å². The zero-order valence-electron chi connectivity index (χ0n) is 17.7. The largest absolute Gasteiger partial charge is 0.367 e. The highest BCUT2D eigenvalue weighted by molar-refractivity contribution is 5.85. The average molecular weight is 422 g/mol. The molecule has 2 nitrogen and oxygen atoms in total. The SMILES string of the molecule is COC(c1ccccc1)(c1ccccc1)C(CCc1ccccc1)NCC1CC1.Cl. The normalized spacial score (nSPS) is 14.7. The van der Waals surface area contributed by atoms with Crippen molar-refractivity contribution in [2.45, 2.75) is 37.3 Å². The van der Waals surface area contributed by atoms with Crippen LogP contribution in [0.3, 0.4) is 0 Å². The van der Waals surface area contributed by atoms with Crippen molar-refractivity contribution < 1.29 is 4.74 Å². The first-order valence-electron chi connectivity index (χ1n) is 10.8. The van der Waals surface area contributed by atoms with Crippen molar-refractivity contribution in [1.82, 2.24) is 5.32 Å². The zero-order chi connectivity index (χ0) is 19.9. The Bertz CT molecular complexity index is 826. The number of halogens is 1. The molecule has 1 aliphatic carbocycles. The van der Waals surface area contributed by atoms with Gasteiger partial charge in [0.2, 0.25) is 0 Å². The smallest absolute Gasteiger partial charge is 0.133 e. The summed E-state index contributed by atoms with van der Waals surface area (Å²) < 4.78 is 6.45. The van der Waals surface area contributed by atoms with Gasteiger partial charge in [0.15, 0.2) is 0 Å². The number of ether oxygens (including phenoxy) is 1. The molecule has 1 atom stereocenters. The van der Waals surface area contributed by atoms with Gasteiger partial charge in [-0.25, -0.2) is 0 Å². The summed E-state index contributed by atoms with van der Waals surface area (Å²) >= 11 is 0. The van der Waals surface area contributed by atoms with E-state index in [1.807, 2.05) is 7.11 Å². The molecule has 1 aliphatic rings. The molecule has 0 heterocycles. The molecule has 0 aromatic heterocycles. The average Bonchev–Trinajstić information content (AvgIpc) is 3.62. The lowest BCUT2D eigenvalue weighted by Gasteiger charge is -2.41. The van der Waals surface area contributed by atoms with E-state index in [0.29, 0.717) is 0 Å². The maximum absolute atomic E-state index is 6.45. The minimum atomic E-state index is -0.522. The van der Waals surface area contributed by atoms with Crippen LogP contribution in [-0.4, -0.2) is 19.7 Å². The number of rotatable bonds is 10. The van der Waals surface area contributed by atoms with E-state index in [4.69, 9.17) is 4.74 Å². The van der Waals surface area contributed by atoms with Crippen LogP contribution in [0.5, 0.6) is 0 Å². The van der Waals surface area contributed by atoms with E-state index in [9.17, 15) is 0 Å². The molecule has 0 aliphatic heterocycles. The molecule has 1 fully saturated rings. The second-order valence-electron chi connectivity index (χ2n) is 8.10. The van der Waals surface area contributed by atoms with Crippen LogP contribution < -0.4 is 5.32 Å². The summed E-state index contributed by atoms with van der Waals surface area (Å²) in [6.07, 6.45) is 4.71. The highest BCUT2D eigenvalue weighted by atomic mass is 35.5. The first-order chi connectivity index (χ1) is 14.3. The van der Waals surface area contributed by atoms with E-state index in [1.54, 1.807) is 0 Å². The lowest BCUT2D eigenvalue weighted by Crippen LogP contribution is -2.51. The Morgan fingerprint density at radius 1 is 0.833 bits per heavy atom. The maximum atomic E-state index is 6.45. The van der Waals surface area contributed by atoms with Crippen molar-refractivity contribution in [3.05, 3.63) is 108 Å². The lowest BCUT2D eigenvalue weighted by molar-refractivity contribution is -0.0143. The van der Waals surface area contributed by atoms with Gasteiger partial charge in [0.25, 0.3) is 0 Å². The van der Waals surface area contributed by atoms with E-state index in [0.717, 1.165) is 25.3 Å². The van der Waals surface area contributed by atoms with Crippen molar-refractivity contribution >= 4 is 12.4 Å². The van der Waals surface area contributed by atoms with Gasteiger partial charge in [-0.05, 0) is 54.8 Å². The fourth-order valence-electron chi connectivity index (χ4n) is 4.35. The van der Waals surface area contributed by atoms with Crippen LogP contribution >= 0.6 is 12.4 Å². The molecule has 0 saturated heterocycles. The van der Waals surface area contributed by atoms with Crippen molar-refractivity contribution in [2.24, 2.45) is 5.92 Å². The number of methoxy groups -OCH3 is 1. The van der Waals surface area contributed by atoms with Crippen molar-refractivity contribution in [1.29, 1.82) is 0 Å².